The summed E-state index contributed by atoms with van der Waals surface area (Å²) in [6.07, 6.45) is 1.64. The Kier molecular flexibility index (Phi) is 22.1. The van der Waals surface area contributed by atoms with E-state index < -0.39 is 5.82 Å². The summed E-state index contributed by atoms with van der Waals surface area (Å²) >= 11 is 22.7. The van der Waals surface area contributed by atoms with Crippen molar-refractivity contribution in [2.75, 3.05) is 0 Å². The van der Waals surface area contributed by atoms with E-state index in [1.54, 1.807) is 25.3 Å². The van der Waals surface area contributed by atoms with E-state index in [0.717, 1.165) is 37.5 Å². The lowest BCUT2D eigenvalue weighted by Gasteiger charge is -1.97. The molecule has 3 nitrogen and oxygen atoms in total. The van der Waals surface area contributed by atoms with E-state index in [9.17, 15) is 4.39 Å². The van der Waals surface area contributed by atoms with Gasteiger partial charge in [0.15, 0.2) is 0 Å². The number of nitrogens with zero attached hydrogens (tertiary/aromatic N) is 3. The third kappa shape index (κ3) is 20.8. The smallest absolute Gasteiger partial charge is 0.141 e. The average molecular weight is 788 g/mol. The van der Waals surface area contributed by atoms with Crippen molar-refractivity contribution in [1.82, 2.24) is 4.98 Å². The fraction of sp³-hybridized carbons (Fsp3) is 0.178. The lowest BCUT2D eigenvalue weighted by molar-refractivity contribution is 0.623. The summed E-state index contributed by atoms with van der Waals surface area (Å²) in [5.41, 5.74) is 10.0. The van der Waals surface area contributed by atoms with Gasteiger partial charge in [-0.15, -0.1) is 0 Å². The van der Waals surface area contributed by atoms with E-state index in [0.29, 0.717) is 5.02 Å². The van der Waals surface area contributed by atoms with Gasteiger partial charge in [0, 0.05) is 27.0 Å². The van der Waals surface area contributed by atoms with E-state index in [2.05, 4.69) is 37.9 Å². The molecule has 0 aliphatic rings. The van der Waals surface area contributed by atoms with Crippen molar-refractivity contribution < 1.29 is 4.39 Å². The van der Waals surface area contributed by atoms with Crippen LogP contribution >= 0.6 is 46.4 Å². The summed E-state index contributed by atoms with van der Waals surface area (Å²) < 4.78 is 12.6. The van der Waals surface area contributed by atoms with Gasteiger partial charge in [-0.2, -0.15) is 10.5 Å². The minimum atomic E-state index is -0.442. The molecule has 5 aromatic carbocycles. The fourth-order valence-electron chi connectivity index (χ4n) is 3.82. The highest BCUT2D eigenvalue weighted by atomic mass is 35.5. The topological polar surface area (TPSA) is 60.5 Å². The molecule has 6 aromatic rings. The Morgan fingerprint density at radius 3 is 1.40 bits per heavy atom. The third-order valence-electron chi connectivity index (χ3n) is 7.09. The lowest BCUT2D eigenvalue weighted by atomic mass is 10.1. The third-order valence-corrected chi connectivity index (χ3v) is 8.23. The number of aryl methyl sites for hydroxylation is 8. The maximum atomic E-state index is 12.6. The Labute approximate surface area is 335 Å². The van der Waals surface area contributed by atoms with E-state index in [-0.39, 0.29) is 5.56 Å². The normalized spacial score (nSPS) is 9.19. The molecule has 0 atom stereocenters. The minimum absolute atomic E-state index is 0.102. The van der Waals surface area contributed by atoms with E-state index in [1.807, 2.05) is 119 Å². The zero-order valence-electron chi connectivity index (χ0n) is 31.3. The van der Waals surface area contributed by atoms with Gasteiger partial charge in [-0.3, -0.25) is 4.98 Å². The molecule has 0 amide bonds. The first-order valence-corrected chi connectivity index (χ1v) is 17.9. The first kappa shape index (κ1) is 46.3. The molecule has 53 heavy (non-hydrogen) atoms. The average Bonchev–Trinajstić information content (AvgIpc) is 3.13. The van der Waals surface area contributed by atoms with Crippen molar-refractivity contribution in [2.45, 2.75) is 55.4 Å². The van der Waals surface area contributed by atoms with Gasteiger partial charge in [0.05, 0.1) is 22.2 Å². The highest BCUT2D eigenvalue weighted by molar-refractivity contribution is 6.31. The van der Waals surface area contributed by atoms with Crippen LogP contribution in [0.3, 0.4) is 0 Å². The van der Waals surface area contributed by atoms with Crippen LogP contribution in [-0.2, 0) is 0 Å². The van der Waals surface area contributed by atoms with E-state index in [1.165, 1.54) is 39.9 Å². The summed E-state index contributed by atoms with van der Waals surface area (Å²) in [5, 5.41) is 19.9. The molecule has 0 aliphatic heterocycles. The summed E-state index contributed by atoms with van der Waals surface area (Å²) in [6, 6.07) is 39.2. The fourth-order valence-corrected chi connectivity index (χ4v) is 4.40. The molecule has 0 unspecified atom stereocenters. The molecule has 0 radical (unpaired) electrons. The first-order valence-electron chi connectivity index (χ1n) is 16.4. The standard InChI is InChI=1S/2C8H9Cl.C8H6FN.C8H7N.C7H7Cl.C6H6ClN/c1-6-3-4-8(9)5-7(6)2;1-6-3-4-8(9)7(2)5-6;1-6-2-3-7(5-10)8(9)4-6;1-7-2-4-8(6-9)5-3-7;1-6-2-4-7(8)5-3-6;1-5-2-3-6(7)4-8-5/h2*3-5H,1-2H3;2-4H,1H3;2-5H,1H3;2-5H,1H3;2-4H,1H3. The zero-order chi connectivity index (χ0) is 39.9. The predicted octanol–water partition coefficient (Wildman–Crippen LogP) is 14.5. The quantitative estimate of drug-likeness (QED) is 0.154. The van der Waals surface area contributed by atoms with Crippen molar-refractivity contribution in [2.24, 2.45) is 0 Å². The van der Waals surface area contributed by atoms with Gasteiger partial charge in [-0.05, 0) is 144 Å². The summed E-state index contributed by atoms with van der Waals surface area (Å²) in [7, 11) is 0. The second-order valence-corrected chi connectivity index (χ2v) is 13.7. The molecule has 0 bridgehead atoms. The number of hydrogen-bond acceptors (Lipinski definition) is 3. The van der Waals surface area contributed by atoms with E-state index in [4.69, 9.17) is 56.9 Å². The molecule has 8 heteroatoms. The van der Waals surface area contributed by atoms with E-state index >= 15 is 0 Å². The SMILES string of the molecule is Cc1ccc(C#N)c(F)c1.Cc1ccc(C#N)cc1.Cc1ccc(Cl)c(C)c1.Cc1ccc(Cl)cc1.Cc1ccc(Cl)cc1C.Cc1ccc(Cl)cn1. The molecular weight excluding hydrogens is 743 g/mol. The zero-order valence-corrected chi connectivity index (χ0v) is 34.3. The number of benzene rings is 5. The van der Waals surface area contributed by atoms with Crippen molar-refractivity contribution in [3.05, 3.63) is 203 Å². The highest BCUT2D eigenvalue weighted by Crippen LogP contribution is 2.15. The van der Waals surface area contributed by atoms with Gasteiger partial charge in [0.2, 0.25) is 0 Å². The van der Waals surface area contributed by atoms with Crippen molar-refractivity contribution in [1.29, 1.82) is 10.5 Å². The molecule has 0 aliphatic carbocycles. The van der Waals surface area contributed by atoms with Crippen LogP contribution in [0.5, 0.6) is 0 Å². The second-order valence-electron chi connectivity index (χ2n) is 12.0. The van der Waals surface area contributed by atoms with Crippen LogP contribution in [0.25, 0.3) is 0 Å². The number of aromatic nitrogens is 1. The Morgan fingerprint density at radius 1 is 0.472 bits per heavy atom. The van der Waals surface area contributed by atoms with Gasteiger partial charge in [-0.1, -0.05) is 112 Å². The van der Waals surface area contributed by atoms with Crippen LogP contribution in [0.2, 0.25) is 20.1 Å². The number of rotatable bonds is 0. The molecular formula is C45H44Cl4FN3. The summed E-state index contributed by atoms with van der Waals surface area (Å²) in [5.74, 6) is -0.442. The largest absolute Gasteiger partial charge is 0.260 e. The summed E-state index contributed by atoms with van der Waals surface area (Å²) in [4.78, 5) is 3.95. The van der Waals surface area contributed by atoms with Crippen LogP contribution in [0.1, 0.15) is 55.8 Å². The molecule has 0 spiro atoms. The number of hydrogen-bond donors (Lipinski definition) is 0. The lowest BCUT2D eigenvalue weighted by Crippen LogP contribution is -1.82. The van der Waals surface area contributed by atoms with Gasteiger partial charge in [0.1, 0.15) is 11.9 Å². The minimum Gasteiger partial charge on any atom is -0.260 e. The molecule has 0 N–H and O–H groups in total. The molecule has 1 heterocycles. The van der Waals surface area contributed by atoms with Crippen LogP contribution in [0.4, 0.5) is 4.39 Å². The number of pyridine rings is 1. The van der Waals surface area contributed by atoms with Crippen molar-refractivity contribution >= 4 is 46.4 Å². The maximum Gasteiger partial charge on any atom is 0.141 e. The van der Waals surface area contributed by atoms with Crippen molar-refractivity contribution in [3.8, 4) is 12.1 Å². The molecule has 1 aromatic heterocycles. The van der Waals surface area contributed by atoms with Crippen LogP contribution < -0.4 is 0 Å². The number of nitriles is 2. The van der Waals surface area contributed by atoms with Gasteiger partial charge >= 0.3 is 0 Å². The molecule has 274 valence electrons. The Balaban J connectivity index is 0.000000318. The monoisotopic (exact) mass is 785 g/mol. The highest BCUT2D eigenvalue weighted by Gasteiger charge is 1.98. The molecule has 0 saturated carbocycles. The molecule has 6 rings (SSSR count). The second kappa shape index (κ2) is 25.3. The van der Waals surface area contributed by atoms with Gasteiger partial charge in [-0.25, -0.2) is 4.39 Å². The Morgan fingerprint density at radius 2 is 0.981 bits per heavy atom. The Hall–Kier alpha value is -4.68. The maximum absolute atomic E-state index is 12.6. The van der Waals surface area contributed by atoms with Crippen LogP contribution in [-0.4, -0.2) is 4.98 Å². The van der Waals surface area contributed by atoms with Crippen LogP contribution in [0, 0.1) is 83.9 Å². The molecule has 0 fully saturated rings. The predicted molar refractivity (Wildman–Crippen MR) is 224 cm³/mol. The first-order chi connectivity index (χ1) is 25.0. The van der Waals surface area contributed by atoms with Crippen molar-refractivity contribution in [3.63, 3.8) is 0 Å². The molecule has 0 saturated heterocycles. The van der Waals surface area contributed by atoms with Gasteiger partial charge < -0.3 is 0 Å². The number of halogens is 5. The summed E-state index contributed by atoms with van der Waals surface area (Å²) in [6.45, 7) is 15.9. The van der Waals surface area contributed by atoms with Crippen LogP contribution in [0.15, 0.2) is 121 Å². The van der Waals surface area contributed by atoms with Gasteiger partial charge in [0.25, 0.3) is 0 Å². The Bertz CT molecular complexity index is 1930.